The summed E-state index contributed by atoms with van der Waals surface area (Å²) in [7, 11) is 0. The maximum Gasteiger partial charge on any atom is 0.0415 e. The third-order valence-corrected chi connectivity index (χ3v) is 10.8. The Morgan fingerprint density at radius 1 is 0.468 bits per heavy atom. The minimum absolute atomic E-state index is 0.0991. The minimum atomic E-state index is -0.413. The maximum atomic E-state index is 2.50. The first kappa shape index (κ1) is 27.8. The number of rotatable bonds is 5. The fraction of sp³-hybridized carbons (Fsp3) is 0.106. The molecule has 0 heteroatoms. The van der Waals surface area contributed by atoms with Gasteiger partial charge in [-0.1, -0.05) is 175 Å². The van der Waals surface area contributed by atoms with Gasteiger partial charge in [0.25, 0.3) is 0 Å². The van der Waals surface area contributed by atoms with Crippen LogP contribution in [0.3, 0.4) is 0 Å². The van der Waals surface area contributed by atoms with Crippen LogP contribution < -0.4 is 0 Å². The average Bonchev–Trinajstić information content (AvgIpc) is 3.68. The first-order valence-corrected chi connectivity index (χ1v) is 16.8. The predicted octanol–water partition coefficient (Wildman–Crippen LogP) is 12.0. The molecule has 0 N–H and O–H groups in total. The Morgan fingerprint density at radius 2 is 1.06 bits per heavy atom. The molecule has 0 nitrogen and oxygen atoms in total. The minimum Gasteiger partial charge on any atom is -0.0751 e. The van der Waals surface area contributed by atoms with Gasteiger partial charge in [-0.15, -0.1) is 0 Å². The van der Waals surface area contributed by atoms with Crippen LogP contribution in [0, 0.1) is 13.8 Å². The van der Waals surface area contributed by atoms with E-state index < -0.39 is 5.41 Å². The Morgan fingerprint density at radius 3 is 1.72 bits per heavy atom. The summed E-state index contributed by atoms with van der Waals surface area (Å²) in [6.45, 7) is 4.47. The lowest BCUT2D eigenvalue weighted by Crippen LogP contribution is -2.40. The zero-order valence-electron chi connectivity index (χ0n) is 26.8. The molecule has 0 amide bonds. The molecule has 47 heavy (non-hydrogen) atoms. The zero-order valence-corrected chi connectivity index (χ0v) is 26.8. The smallest absolute Gasteiger partial charge is 0.0415 e. The molecule has 0 bridgehead atoms. The highest BCUT2D eigenvalue weighted by atomic mass is 14.5. The Balaban J connectivity index is 1.37. The number of fused-ring (bicyclic) bond motifs is 5. The van der Waals surface area contributed by atoms with Crippen LogP contribution in [-0.2, 0) is 5.41 Å². The van der Waals surface area contributed by atoms with Gasteiger partial charge in [-0.2, -0.15) is 0 Å². The summed E-state index contributed by atoms with van der Waals surface area (Å²) < 4.78 is 0. The van der Waals surface area contributed by atoms with E-state index in [2.05, 4.69) is 184 Å². The molecule has 7 aromatic rings. The largest absolute Gasteiger partial charge is 0.0751 e. The highest BCUT2D eigenvalue weighted by molar-refractivity contribution is 5.97. The zero-order chi connectivity index (χ0) is 31.5. The van der Waals surface area contributed by atoms with Gasteiger partial charge in [-0.25, -0.2) is 0 Å². The van der Waals surface area contributed by atoms with Crippen LogP contribution in [0.2, 0.25) is 0 Å². The van der Waals surface area contributed by atoms with Gasteiger partial charge in [0.15, 0.2) is 0 Å². The summed E-state index contributed by atoms with van der Waals surface area (Å²) in [5.74, 6) is 0.209. The molecule has 0 aliphatic heterocycles. The number of aryl methyl sites for hydroxylation is 2. The first-order chi connectivity index (χ1) is 23.1. The van der Waals surface area contributed by atoms with Crippen LogP contribution in [0.15, 0.2) is 164 Å². The number of benzene rings is 7. The third kappa shape index (κ3) is 4.21. The SMILES string of the molecule is Cc1ccc2c(c1)C(C(c1ccccc1)(c1ccccc1)C1C=Cc3ccc(-c4cccc5ccccc45)cc31)c1cc(C)ccc1-2. The van der Waals surface area contributed by atoms with Crippen molar-refractivity contribution in [1.29, 1.82) is 0 Å². The van der Waals surface area contributed by atoms with Crippen molar-refractivity contribution in [3.05, 3.63) is 208 Å². The van der Waals surface area contributed by atoms with Crippen LogP contribution >= 0.6 is 0 Å². The highest BCUT2D eigenvalue weighted by Crippen LogP contribution is 2.63. The van der Waals surface area contributed by atoms with Gasteiger partial charge in [-0.3, -0.25) is 0 Å². The van der Waals surface area contributed by atoms with Crippen LogP contribution in [0.5, 0.6) is 0 Å². The van der Waals surface area contributed by atoms with Gasteiger partial charge in [0.2, 0.25) is 0 Å². The van der Waals surface area contributed by atoms with Gasteiger partial charge in [0, 0.05) is 17.3 Å². The Hall–Kier alpha value is -5.46. The molecule has 7 aromatic carbocycles. The van der Waals surface area contributed by atoms with Crippen LogP contribution in [-0.4, -0.2) is 0 Å². The second-order valence-electron chi connectivity index (χ2n) is 13.4. The van der Waals surface area contributed by atoms with Crippen molar-refractivity contribution in [2.24, 2.45) is 0 Å². The molecule has 0 saturated carbocycles. The molecular formula is C47H36. The summed E-state index contributed by atoms with van der Waals surface area (Å²) in [5.41, 5.74) is 15.7. The van der Waals surface area contributed by atoms with Crippen molar-refractivity contribution in [3.8, 4) is 22.3 Å². The summed E-state index contributed by atoms with van der Waals surface area (Å²) in [6.07, 6.45) is 4.87. The molecular weight excluding hydrogens is 565 g/mol. The second kappa shape index (κ2) is 10.8. The van der Waals surface area contributed by atoms with Crippen LogP contribution in [0.1, 0.15) is 56.3 Å². The molecule has 1 atom stereocenters. The molecule has 0 spiro atoms. The van der Waals surface area contributed by atoms with Crippen LogP contribution in [0.25, 0.3) is 39.1 Å². The molecule has 2 aliphatic carbocycles. The van der Waals surface area contributed by atoms with Crippen molar-refractivity contribution in [1.82, 2.24) is 0 Å². The Labute approximate surface area is 277 Å². The summed E-state index contributed by atoms with van der Waals surface area (Å²) >= 11 is 0. The van der Waals surface area contributed by atoms with E-state index in [0.29, 0.717) is 0 Å². The second-order valence-corrected chi connectivity index (χ2v) is 13.4. The molecule has 0 saturated heterocycles. The standard InChI is InChI=1S/C47H36/c1-31-20-25-40-41-26-21-32(2)29-44(41)46(43(40)28-31)47(36-14-5-3-6-15-36,37-16-7-4-8-17-37)45-27-24-34-22-23-35(30-42(34)45)39-19-11-13-33-12-9-10-18-38(33)39/h3-30,45-46H,1-2H3. The van der Waals surface area contributed by atoms with E-state index in [1.54, 1.807) is 0 Å². The molecule has 9 rings (SSSR count). The Kier molecular flexibility index (Phi) is 6.40. The van der Waals surface area contributed by atoms with Crippen molar-refractivity contribution in [2.45, 2.75) is 31.1 Å². The van der Waals surface area contributed by atoms with Crippen molar-refractivity contribution < 1.29 is 0 Å². The lowest BCUT2D eigenvalue weighted by Gasteiger charge is -2.46. The summed E-state index contributed by atoms with van der Waals surface area (Å²) in [5, 5.41) is 2.56. The maximum absolute atomic E-state index is 2.50. The number of allylic oxidation sites excluding steroid dienone is 1. The van der Waals surface area contributed by atoms with Crippen molar-refractivity contribution in [3.63, 3.8) is 0 Å². The molecule has 224 valence electrons. The lowest BCUT2D eigenvalue weighted by atomic mass is 9.55. The fourth-order valence-corrected chi connectivity index (χ4v) is 8.80. The molecule has 0 fully saturated rings. The topological polar surface area (TPSA) is 0 Å². The van der Waals surface area contributed by atoms with E-state index in [1.165, 1.54) is 77.5 Å². The fourth-order valence-electron chi connectivity index (χ4n) is 8.80. The quantitative estimate of drug-likeness (QED) is 0.184. The third-order valence-electron chi connectivity index (χ3n) is 10.8. The monoisotopic (exact) mass is 600 g/mol. The Bertz CT molecular complexity index is 2230. The molecule has 0 heterocycles. The van der Waals surface area contributed by atoms with Crippen molar-refractivity contribution >= 4 is 16.8 Å². The summed E-state index contributed by atoms with van der Waals surface area (Å²) in [4.78, 5) is 0. The van der Waals surface area contributed by atoms with Gasteiger partial charge in [0.1, 0.15) is 0 Å². The molecule has 0 aromatic heterocycles. The van der Waals surface area contributed by atoms with Gasteiger partial charge in [0.05, 0.1) is 0 Å². The van der Waals surface area contributed by atoms with E-state index >= 15 is 0 Å². The molecule has 2 aliphatic rings. The number of hydrogen-bond donors (Lipinski definition) is 0. The van der Waals surface area contributed by atoms with E-state index in [9.17, 15) is 0 Å². The first-order valence-electron chi connectivity index (χ1n) is 16.8. The normalized spacial score (nSPS) is 15.1. The highest BCUT2D eigenvalue weighted by Gasteiger charge is 2.53. The predicted molar refractivity (Wildman–Crippen MR) is 198 cm³/mol. The van der Waals surface area contributed by atoms with Gasteiger partial charge in [-0.05, 0) is 86.3 Å². The van der Waals surface area contributed by atoms with Gasteiger partial charge >= 0.3 is 0 Å². The van der Waals surface area contributed by atoms with E-state index in [4.69, 9.17) is 0 Å². The van der Waals surface area contributed by atoms with Crippen LogP contribution in [0.4, 0.5) is 0 Å². The van der Waals surface area contributed by atoms with E-state index in [1.807, 2.05) is 0 Å². The van der Waals surface area contributed by atoms with E-state index in [0.717, 1.165) is 0 Å². The van der Waals surface area contributed by atoms with Gasteiger partial charge < -0.3 is 0 Å². The lowest BCUT2D eigenvalue weighted by molar-refractivity contribution is 0.416. The van der Waals surface area contributed by atoms with E-state index in [-0.39, 0.29) is 11.8 Å². The summed E-state index contributed by atoms with van der Waals surface area (Å²) in [6, 6.07) is 59.5. The molecule has 1 unspecified atom stereocenters. The average molecular weight is 601 g/mol. The van der Waals surface area contributed by atoms with Crippen molar-refractivity contribution in [2.75, 3.05) is 0 Å². The molecule has 0 radical (unpaired) electrons. The number of hydrogen-bond acceptors (Lipinski definition) is 0.